The molecule has 0 aromatic heterocycles. The molecule has 3 nitrogen and oxygen atoms in total. The summed E-state index contributed by atoms with van der Waals surface area (Å²) >= 11 is 0. The normalized spacial score (nSPS) is 15.2. The average Bonchev–Trinajstić information content (AvgIpc) is 2.39. The number of rotatable bonds is 1. The van der Waals surface area contributed by atoms with E-state index in [1.165, 1.54) is 0 Å². The Kier molecular flexibility index (Phi) is 4.01. The Balaban J connectivity index is 2.31. The summed E-state index contributed by atoms with van der Waals surface area (Å²) in [4.78, 5) is 13.7. The summed E-state index contributed by atoms with van der Waals surface area (Å²) in [5.41, 5.74) is 2.84. The van der Waals surface area contributed by atoms with Gasteiger partial charge in [-0.25, -0.2) is 0 Å². The zero-order valence-corrected chi connectivity index (χ0v) is 10.6. The predicted octanol–water partition coefficient (Wildman–Crippen LogP) is 1.86. The summed E-state index contributed by atoms with van der Waals surface area (Å²) in [5.74, 6) is 5.75. The Morgan fingerprint density at radius 2 is 2.22 bits per heavy atom. The van der Waals surface area contributed by atoms with Gasteiger partial charge in [-0.2, -0.15) is 0 Å². The van der Waals surface area contributed by atoms with E-state index < -0.39 is 0 Å². The molecule has 1 aromatic carbocycles. The Labute approximate surface area is 107 Å². The molecule has 1 aromatic rings. The lowest BCUT2D eigenvalue weighted by Crippen LogP contribution is -2.35. The van der Waals surface area contributed by atoms with E-state index in [1.807, 2.05) is 30.0 Å². The van der Waals surface area contributed by atoms with E-state index in [0.717, 1.165) is 36.2 Å². The van der Waals surface area contributed by atoms with Crippen LogP contribution in [-0.4, -0.2) is 24.2 Å². The summed E-state index contributed by atoms with van der Waals surface area (Å²) in [6, 6.07) is 5.86. The molecule has 2 rings (SSSR count). The van der Waals surface area contributed by atoms with Gasteiger partial charge in [-0.3, -0.25) is 4.79 Å². The molecule has 1 heterocycles. The van der Waals surface area contributed by atoms with Crippen LogP contribution in [0.25, 0.3) is 0 Å². The topological polar surface area (TPSA) is 40.5 Å². The van der Waals surface area contributed by atoms with Gasteiger partial charge in [-0.1, -0.05) is 17.9 Å². The van der Waals surface area contributed by atoms with Crippen LogP contribution in [0.5, 0.6) is 0 Å². The highest BCUT2D eigenvalue weighted by molar-refractivity contribution is 5.94. The van der Waals surface area contributed by atoms with Crippen LogP contribution < -0.4 is 4.90 Å². The van der Waals surface area contributed by atoms with Gasteiger partial charge in [0.15, 0.2) is 0 Å². The smallest absolute Gasteiger partial charge is 0.226 e. The molecule has 0 atom stereocenters. The van der Waals surface area contributed by atoms with E-state index in [-0.39, 0.29) is 12.5 Å². The van der Waals surface area contributed by atoms with Gasteiger partial charge in [0.1, 0.15) is 6.61 Å². The first-order chi connectivity index (χ1) is 8.72. The Morgan fingerprint density at radius 3 is 2.94 bits per heavy atom. The van der Waals surface area contributed by atoms with Crippen molar-refractivity contribution in [2.24, 2.45) is 0 Å². The second-order valence-electron chi connectivity index (χ2n) is 4.46. The highest BCUT2D eigenvalue weighted by atomic mass is 16.2. The molecule has 0 saturated carbocycles. The lowest BCUT2D eigenvalue weighted by Gasteiger charge is -2.27. The largest absolute Gasteiger partial charge is 0.384 e. The van der Waals surface area contributed by atoms with Gasteiger partial charge in [0, 0.05) is 24.2 Å². The highest BCUT2D eigenvalue weighted by Gasteiger charge is 2.19. The number of aryl methyl sites for hydroxylation is 1. The number of piperidine rings is 1. The van der Waals surface area contributed by atoms with Gasteiger partial charge >= 0.3 is 0 Å². The first kappa shape index (κ1) is 12.7. The van der Waals surface area contributed by atoms with Crippen molar-refractivity contribution in [3.8, 4) is 11.8 Å². The van der Waals surface area contributed by atoms with Gasteiger partial charge < -0.3 is 10.0 Å². The molecule has 0 radical (unpaired) electrons. The van der Waals surface area contributed by atoms with E-state index in [0.29, 0.717) is 6.42 Å². The fourth-order valence-corrected chi connectivity index (χ4v) is 2.13. The van der Waals surface area contributed by atoms with Crippen LogP contribution in [0.3, 0.4) is 0 Å². The third-order valence-corrected chi connectivity index (χ3v) is 3.16. The quantitative estimate of drug-likeness (QED) is 0.765. The maximum absolute atomic E-state index is 11.9. The summed E-state index contributed by atoms with van der Waals surface area (Å²) < 4.78 is 0. The molecule has 1 amide bonds. The maximum Gasteiger partial charge on any atom is 0.226 e. The number of carbonyl (C=O) groups excluding carboxylic acids is 1. The molecule has 1 fully saturated rings. The van der Waals surface area contributed by atoms with Crippen LogP contribution in [0.4, 0.5) is 5.69 Å². The highest BCUT2D eigenvalue weighted by Crippen LogP contribution is 2.23. The Morgan fingerprint density at radius 1 is 1.39 bits per heavy atom. The van der Waals surface area contributed by atoms with E-state index in [1.54, 1.807) is 0 Å². The minimum absolute atomic E-state index is 0.147. The number of anilines is 1. The molecule has 3 heteroatoms. The van der Waals surface area contributed by atoms with Crippen molar-refractivity contribution in [1.29, 1.82) is 0 Å². The molecule has 1 saturated heterocycles. The monoisotopic (exact) mass is 243 g/mol. The number of benzene rings is 1. The zero-order valence-electron chi connectivity index (χ0n) is 10.6. The minimum atomic E-state index is -0.147. The number of aliphatic hydroxyl groups excluding tert-OH is 1. The van der Waals surface area contributed by atoms with Crippen LogP contribution in [0, 0.1) is 18.8 Å². The van der Waals surface area contributed by atoms with Crippen LogP contribution in [0.2, 0.25) is 0 Å². The lowest BCUT2D eigenvalue weighted by atomic mass is 10.1. The number of carbonyl (C=O) groups is 1. The summed E-state index contributed by atoms with van der Waals surface area (Å²) in [6.07, 6.45) is 2.67. The summed E-state index contributed by atoms with van der Waals surface area (Å²) in [7, 11) is 0. The van der Waals surface area contributed by atoms with Gasteiger partial charge in [0.25, 0.3) is 0 Å². The van der Waals surface area contributed by atoms with Gasteiger partial charge in [0.05, 0.1) is 0 Å². The number of aliphatic hydroxyl groups is 1. The van der Waals surface area contributed by atoms with E-state index in [2.05, 4.69) is 11.8 Å². The molecule has 0 bridgehead atoms. The molecule has 94 valence electrons. The Bertz CT molecular complexity index is 511. The zero-order chi connectivity index (χ0) is 13.0. The van der Waals surface area contributed by atoms with Crippen molar-refractivity contribution < 1.29 is 9.90 Å². The molecule has 1 aliphatic heterocycles. The third kappa shape index (κ3) is 2.72. The minimum Gasteiger partial charge on any atom is -0.384 e. The van der Waals surface area contributed by atoms with Crippen LogP contribution >= 0.6 is 0 Å². The van der Waals surface area contributed by atoms with Gasteiger partial charge in [-0.05, 0) is 37.5 Å². The molecule has 0 unspecified atom stereocenters. The second kappa shape index (κ2) is 5.70. The first-order valence-corrected chi connectivity index (χ1v) is 6.23. The number of nitrogens with zero attached hydrogens (tertiary/aromatic N) is 1. The standard InChI is InChI=1S/C15H17NO2/c1-12-7-8-14(11-13(12)5-4-10-17)16-9-3-2-6-15(16)18/h7-8,11,17H,2-3,6,9-10H2,1H3. The summed E-state index contributed by atoms with van der Waals surface area (Å²) in [5, 5.41) is 8.74. The lowest BCUT2D eigenvalue weighted by molar-refractivity contribution is -0.119. The number of amides is 1. The van der Waals surface area contributed by atoms with Crippen LogP contribution in [-0.2, 0) is 4.79 Å². The van der Waals surface area contributed by atoms with Crippen molar-refractivity contribution >= 4 is 11.6 Å². The second-order valence-corrected chi connectivity index (χ2v) is 4.46. The van der Waals surface area contributed by atoms with Crippen LogP contribution in [0.15, 0.2) is 18.2 Å². The van der Waals surface area contributed by atoms with E-state index in [9.17, 15) is 4.79 Å². The van der Waals surface area contributed by atoms with Crippen molar-refractivity contribution in [2.45, 2.75) is 26.2 Å². The first-order valence-electron chi connectivity index (χ1n) is 6.23. The van der Waals surface area contributed by atoms with E-state index >= 15 is 0 Å². The molecule has 1 N–H and O–H groups in total. The molecule has 0 aliphatic carbocycles. The molecule has 18 heavy (non-hydrogen) atoms. The van der Waals surface area contributed by atoms with Crippen molar-refractivity contribution in [2.75, 3.05) is 18.1 Å². The fraction of sp³-hybridized carbons (Fsp3) is 0.400. The van der Waals surface area contributed by atoms with Crippen molar-refractivity contribution in [3.63, 3.8) is 0 Å². The fourth-order valence-electron chi connectivity index (χ4n) is 2.13. The Hall–Kier alpha value is -1.79. The van der Waals surface area contributed by atoms with Crippen molar-refractivity contribution in [3.05, 3.63) is 29.3 Å². The third-order valence-electron chi connectivity index (χ3n) is 3.16. The van der Waals surface area contributed by atoms with Crippen molar-refractivity contribution in [1.82, 2.24) is 0 Å². The van der Waals surface area contributed by atoms with Gasteiger partial charge in [-0.15, -0.1) is 0 Å². The number of hydrogen-bond acceptors (Lipinski definition) is 2. The molecular weight excluding hydrogens is 226 g/mol. The molecule has 1 aliphatic rings. The SMILES string of the molecule is Cc1ccc(N2CCCCC2=O)cc1C#CCO. The van der Waals surface area contributed by atoms with E-state index in [4.69, 9.17) is 5.11 Å². The maximum atomic E-state index is 11.9. The predicted molar refractivity (Wildman–Crippen MR) is 71.3 cm³/mol. The average molecular weight is 243 g/mol. The molecule has 0 spiro atoms. The molecular formula is C15H17NO2. The number of hydrogen-bond donors (Lipinski definition) is 1. The van der Waals surface area contributed by atoms with Crippen LogP contribution in [0.1, 0.15) is 30.4 Å². The van der Waals surface area contributed by atoms with Gasteiger partial charge in [0.2, 0.25) is 5.91 Å². The summed E-state index contributed by atoms with van der Waals surface area (Å²) in [6.45, 7) is 2.62.